The summed E-state index contributed by atoms with van der Waals surface area (Å²) in [6.45, 7) is -0.0671. The van der Waals surface area contributed by atoms with Gasteiger partial charge in [-0.15, -0.1) is 0 Å². The van der Waals surface area contributed by atoms with Crippen molar-refractivity contribution in [2.45, 2.75) is 25.7 Å². The summed E-state index contributed by atoms with van der Waals surface area (Å²) < 4.78 is 27.8. The molecule has 0 bridgehead atoms. The molecule has 1 aromatic carbocycles. The maximum atomic E-state index is 12.3. The molecule has 0 saturated heterocycles. The van der Waals surface area contributed by atoms with Crippen molar-refractivity contribution in [3.8, 4) is 5.75 Å². The van der Waals surface area contributed by atoms with Crippen LogP contribution in [0.25, 0.3) is 0 Å². The van der Waals surface area contributed by atoms with Gasteiger partial charge < -0.3 is 15.2 Å². The highest BCUT2D eigenvalue weighted by atomic mass is 35.5. The van der Waals surface area contributed by atoms with Gasteiger partial charge in [-0.3, -0.25) is 9.59 Å². The second kappa shape index (κ2) is 7.61. The van der Waals surface area contributed by atoms with Gasteiger partial charge >= 0.3 is 5.97 Å². The number of hydrogen-bond acceptors (Lipinski definition) is 5. The first-order valence-corrected chi connectivity index (χ1v) is 10.2. The van der Waals surface area contributed by atoms with Crippen molar-refractivity contribution in [3.05, 3.63) is 23.2 Å². The van der Waals surface area contributed by atoms with Crippen molar-refractivity contribution < 1.29 is 27.9 Å². The van der Waals surface area contributed by atoms with Crippen LogP contribution < -0.4 is 10.1 Å². The lowest BCUT2D eigenvalue weighted by atomic mass is 9.66. The summed E-state index contributed by atoms with van der Waals surface area (Å²) in [6, 6.07) is 4.55. The summed E-state index contributed by atoms with van der Waals surface area (Å²) in [4.78, 5) is 23.6. The Labute approximate surface area is 151 Å². The van der Waals surface area contributed by atoms with Crippen LogP contribution in [0.5, 0.6) is 5.75 Å². The van der Waals surface area contributed by atoms with E-state index in [9.17, 15) is 23.1 Å². The van der Waals surface area contributed by atoms with Gasteiger partial charge in [-0.2, -0.15) is 0 Å². The second-order valence-corrected chi connectivity index (χ2v) is 8.98. The van der Waals surface area contributed by atoms with Gasteiger partial charge in [-0.25, -0.2) is 8.42 Å². The number of hydrogen-bond donors (Lipinski definition) is 2. The van der Waals surface area contributed by atoms with Gasteiger partial charge in [0.15, 0.2) is 9.84 Å². The zero-order valence-electron chi connectivity index (χ0n) is 13.7. The van der Waals surface area contributed by atoms with E-state index in [1.54, 1.807) is 6.07 Å². The number of carboxylic acids is 1. The molecule has 1 aliphatic rings. The number of sulfone groups is 1. The fraction of sp³-hybridized carbons (Fsp3) is 0.500. The van der Waals surface area contributed by atoms with Gasteiger partial charge in [0.2, 0.25) is 5.91 Å². The number of amides is 1. The Morgan fingerprint density at radius 3 is 2.56 bits per heavy atom. The third-order valence-corrected chi connectivity index (χ3v) is 5.33. The van der Waals surface area contributed by atoms with E-state index in [0.29, 0.717) is 17.9 Å². The summed E-state index contributed by atoms with van der Waals surface area (Å²) in [5, 5.41) is 12.3. The van der Waals surface area contributed by atoms with Crippen LogP contribution in [0, 0.1) is 5.41 Å². The molecule has 7 nitrogen and oxygen atoms in total. The quantitative estimate of drug-likeness (QED) is 0.706. The first-order chi connectivity index (χ1) is 11.6. The minimum atomic E-state index is -3.17. The fourth-order valence-electron chi connectivity index (χ4n) is 2.60. The van der Waals surface area contributed by atoms with E-state index in [1.165, 1.54) is 12.1 Å². The van der Waals surface area contributed by atoms with E-state index < -0.39 is 27.1 Å². The van der Waals surface area contributed by atoms with Gasteiger partial charge in [-0.1, -0.05) is 18.0 Å². The number of ether oxygens (including phenoxy) is 1. The van der Waals surface area contributed by atoms with E-state index in [1.807, 2.05) is 0 Å². The molecule has 138 valence electrons. The highest BCUT2D eigenvalue weighted by molar-refractivity contribution is 7.90. The minimum Gasteiger partial charge on any atom is -0.490 e. The highest BCUT2D eigenvalue weighted by Crippen LogP contribution is 2.44. The average Bonchev–Trinajstić information content (AvgIpc) is 2.43. The maximum absolute atomic E-state index is 12.3. The molecule has 2 rings (SSSR count). The fourth-order valence-corrected chi connectivity index (χ4v) is 3.16. The molecule has 9 heteroatoms. The molecule has 0 heterocycles. The number of benzene rings is 1. The maximum Gasteiger partial charge on any atom is 0.310 e. The Bertz CT molecular complexity index is 773. The summed E-state index contributed by atoms with van der Waals surface area (Å²) in [5.41, 5.74) is -0.717. The zero-order chi connectivity index (χ0) is 18.7. The third-order valence-electron chi connectivity index (χ3n) is 4.19. The van der Waals surface area contributed by atoms with Crippen molar-refractivity contribution in [3.63, 3.8) is 0 Å². The van der Waals surface area contributed by atoms with E-state index in [2.05, 4.69) is 5.32 Å². The average molecular weight is 390 g/mol. The summed E-state index contributed by atoms with van der Waals surface area (Å²) in [7, 11) is -3.17. The molecule has 2 N–H and O–H groups in total. The van der Waals surface area contributed by atoms with Crippen LogP contribution in [0.3, 0.4) is 0 Å². The molecule has 0 aromatic heterocycles. The molecule has 1 saturated carbocycles. The molecular weight excluding hydrogens is 370 g/mol. The van der Waals surface area contributed by atoms with E-state index in [4.69, 9.17) is 16.3 Å². The van der Waals surface area contributed by atoms with Gasteiger partial charge in [0, 0.05) is 17.7 Å². The summed E-state index contributed by atoms with van der Waals surface area (Å²) in [5.74, 6) is -1.30. The van der Waals surface area contributed by atoms with Crippen LogP contribution in [-0.2, 0) is 19.4 Å². The van der Waals surface area contributed by atoms with Crippen molar-refractivity contribution in [1.29, 1.82) is 0 Å². The number of carboxylic acid groups (broad SMARTS) is 1. The summed E-state index contributed by atoms with van der Waals surface area (Å²) >= 11 is 5.93. The first-order valence-electron chi connectivity index (χ1n) is 7.75. The topological polar surface area (TPSA) is 110 Å². The number of nitrogens with one attached hydrogen (secondary N) is 1. The Hall–Kier alpha value is -1.80. The SMILES string of the molecule is CS(=O)(=O)CCOc1ccc(Cl)cc1NC(=O)CC1(C(=O)O)CCC1. The summed E-state index contributed by atoms with van der Waals surface area (Å²) in [6.07, 6.45) is 2.71. The molecule has 1 aromatic rings. The number of anilines is 1. The Balaban J connectivity index is 2.06. The largest absolute Gasteiger partial charge is 0.490 e. The molecule has 25 heavy (non-hydrogen) atoms. The highest BCUT2D eigenvalue weighted by Gasteiger charge is 2.45. The van der Waals surface area contributed by atoms with Gasteiger partial charge in [0.05, 0.1) is 16.9 Å². The van der Waals surface area contributed by atoms with Crippen LogP contribution in [0.1, 0.15) is 25.7 Å². The molecular formula is C16H20ClNO6S. The number of halogens is 1. The molecule has 0 radical (unpaired) electrons. The number of rotatable bonds is 8. The van der Waals surface area contributed by atoms with Crippen molar-refractivity contribution in [2.75, 3.05) is 23.9 Å². The predicted molar refractivity (Wildman–Crippen MR) is 93.8 cm³/mol. The number of aliphatic carboxylic acids is 1. The van der Waals surface area contributed by atoms with Crippen molar-refractivity contribution in [2.24, 2.45) is 5.41 Å². The molecule has 1 amide bonds. The minimum absolute atomic E-state index is 0.0671. The molecule has 1 fully saturated rings. The Kier molecular flexibility index (Phi) is 5.95. The number of carbonyl (C=O) groups is 2. The molecule has 1 aliphatic carbocycles. The predicted octanol–water partition coefficient (Wildman–Crippen LogP) is 2.35. The molecule has 0 spiro atoms. The van der Waals surface area contributed by atoms with Gasteiger partial charge in [0.1, 0.15) is 12.4 Å². The standard InChI is InChI=1S/C16H20ClNO6S/c1-25(22,23)8-7-24-13-4-3-11(17)9-12(13)18-14(19)10-16(15(20)21)5-2-6-16/h3-4,9H,2,5-8,10H2,1H3,(H,18,19)(H,20,21). The van der Waals surface area contributed by atoms with Crippen LogP contribution in [0.4, 0.5) is 5.69 Å². The lowest BCUT2D eigenvalue weighted by Gasteiger charge is -2.36. The lowest BCUT2D eigenvalue weighted by Crippen LogP contribution is -2.41. The Morgan fingerprint density at radius 1 is 1.36 bits per heavy atom. The number of carbonyl (C=O) groups excluding carboxylic acids is 1. The van der Waals surface area contributed by atoms with E-state index >= 15 is 0 Å². The van der Waals surface area contributed by atoms with Crippen LogP contribution in [0.15, 0.2) is 18.2 Å². The lowest BCUT2D eigenvalue weighted by molar-refractivity contribution is -0.157. The van der Waals surface area contributed by atoms with E-state index in [-0.39, 0.29) is 30.2 Å². The van der Waals surface area contributed by atoms with Crippen LogP contribution in [-0.4, -0.2) is 44.0 Å². The van der Waals surface area contributed by atoms with Crippen LogP contribution >= 0.6 is 11.6 Å². The van der Waals surface area contributed by atoms with E-state index in [0.717, 1.165) is 12.7 Å². The molecule has 0 atom stereocenters. The molecule has 0 aliphatic heterocycles. The van der Waals surface area contributed by atoms with Crippen molar-refractivity contribution in [1.82, 2.24) is 0 Å². The van der Waals surface area contributed by atoms with Gasteiger partial charge in [-0.05, 0) is 31.0 Å². The van der Waals surface area contributed by atoms with Gasteiger partial charge in [0.25, 0.3) is 0 Å². The second-order valence-electron chi connectivity index (χ2n) is 6.28. The normalized spacial score (nSPS) is 15.9. The smallest absolute Gasteiger partial charge is 0.310 e. The molecule has 0 unspecified atom stereocenters. The third kappa shape index (κ3) is 5.34. The van der Waals surface area contributed by atoms with Crippen LogP contribution in [0.2, 0.25) is 5.02 Å². The monoisotopic (exact) mass is 389 g/mol. The van der Waals surface area contributed by atoms with Crippen molar-refractivity contribution >= 4 is 39.0 Å². The first kappa shape index (κ1) is 19.5. The Morgan fingerprint density at radius 2 is 2.04 bits per heavy atom. The zero-order valence-corrected chi connectivity index (χ0v) is 15.3.